The number of ether oxygens (including phenoxy) is 1. The van der Waals surface area contributed by atoms with Crippen LogP contribution in [0.25, 0.3) is 6.08 Å². The van der Waals surface area contributed by atoms with E-state index in [4.69, 9.17) is 15.6 Å². The highest BCUT2D eigenvalue weighted by Gasteiger charge is 2.06. The fourth-order valence-electron chi connectivity index (χ4n) is 1.37. The number of benzene rings is 1. The lowest BCUT2D eigenvalue weighted by molar-refractivity contribution is -0.136. The lowest BCUT2D eigenvalue weighted by Gasteiger charge is -2.06. The Morgan fingerprint density at radius 1 is 1.56 bits per heavy atom. The summed E-state index contributed by atoms with van der Waals surface area (Å²) >= 11 is 0. The van der Waals surface area contributed by atoms with Gasteiger partial charge in [-0.15, -0.1) is 0 Å². The van der Waals surface area contributed by atoms with Gasteiger partial charge in [0.15, 0.2) is 0 Å². The smallest absolute Gasteiger partial charge is 0.307 e. The van der Waals surface area contributed by atoms with Crippen LogP contribution in [0.15, 0.2) is 24.3 Å². The first kappa shape index (κ1) is 12.3. The molecule has 1 aromatic rings. The van der Waals surface area contributed by atoms with Crippen molar-refractivity contribution in [3.63, 3.8) is 0 Å². The largest absolute Gasteiger partial charge is 0.497 e. The summed E-state index contributed by atoms with van der Waals surface area (Å²) in [4.78, 5) is 10.7. The topological polar surface area (TPSA) is 72.5 Å². The predicted octanol–water partition coefficient (Wildman–Crippen LogP) is 1.29. The molecule has 0 radical (unpaired) electrons. The van der Waals surface area contributed by atoms with Gasteiger partial charge in [-0.2, -0.15) is 0 Å². The molecule has 0 saturated carbocycles. The minimum Gasteiger partial charge on any atom is -0.497 e. The molecule has 0 fully saturated rings. The summed E-state index contributed by atoms with van der Waals surface area (Å²) in [6.07, 6.45) is 3.58. The Hall–Kier alpha value is -1.81. The lowest BCUT2D eigenvalue weighted by Crippen LogP contribution is -2.02. The van der Waals surface area contributed by atoms with Crippen molar-refractivity contribution in [2.45, 2.75) is 6.42 Å². The van der Waals surface area contributed by atoms with Crippen LogP contribution in [0, 0.1) is 0 Å². The Bertz CT molecular complexity index is 399. The van der Waals surface area contributed by atoms with E-state index in [0.717, 1.165) is 11.1 Å². The summed E-state index contributed by atoms with van der Waals surface area (Å²) in [7, 11) is 1.57. The zero-order valence-electron chi connectivity index (χ0n) is 9.14. The molecule has 0 spiro atoms. The summed E-state index contributed by atoms with van der Waals surface area (Å²) in [6.45, 7) is 0.420. The van der Waals surface area contributed by atoms with Crippen molar-refractivity contribution in [1.82, 2.24) is 0 Å². The molecule has 0 aromatic heterocycles. The molecule has 0 bridgehead atoms. The Kier molecular flexibility index (Phi) is 4.54. The molecule has 0 unspecified atom stereocenters. The van der Waals surface area contributed by atoms with Gasteiger partial charge in [0.05, 0.1) is 13.5 Å². The van der Waals surface area contributed by atoms with Crippen LogP contribution < -0.4 is 10.5 Å². The van der Waals surface area contributed by atoms with Crippen LogP contribution >= 0.6 is 0 Å². The van der Waals surface area contributed by atoms with Gasteiger partial charge in [-0.05, 0) is 23.3 Å². The minimum absolute atomic E-state index is 0.00572. The van der Waals surface area contributed by atoms with Gasteiger partial charge in [-0.3, -0.25) is 4.79 Å². The second kappa shape index (κ2) is 5.92. The van der Waals surface area contributed by atoms with Crippen molar-refractivity contribution in [2.24, 2.45) is 5.73 Å². The monoisotopic (exact) mass is 221 g/mol. The molecular formula is C12H15NO3. The number of aliphatic carboxylic acids is 1. The van der Waals surface area contributed by atoms with Crippen LogP contribution in [0.2, 0.25) is 0 Å². The summed E-state index contributed by atoms with van der Waals surface area (Å²) in [5.41, 5.74) is 6.94. The van der Waals surface area contributed by atoms with Crippen molar-refractivity contribution in [1.29, 1.82) is 0 Å². The van der Waals surface area contributed by atoms with Crippen LogP contribution in [0.5, 0.6) is 5.75 Å². The van der Waals surface area contributed by atoms with Crippen LogP contribution in [0.4, 0.5) is 0 Å². The average molecular weight is 221 g/mol. The standard InChI is InChI=1S/C12H15NO3/c1-16-11-5-4-10(8-12(14)15)9(7-11)3-2-6-13/h2-5,7H,6,8,13H2,1H3,(H,14,15). The molecule has 16 heavy (non-hydrogen) atoms. The molecule has 86 valence electrons. The second-order valence-corrected chi connectivity index (χ2v) is 3.27. The van der Waals surface area contributed by atoms with E-state index in [0.29, 0.717) is 12.3 Å². The molecule has 0 heterocycles. The van der Waals surface area contributed by atoms with E-state index >= 15 is 0 Å². The maximum absolute atomic E-state index is 10.7. The fraction of sp³-hybridized carbons (Fsp3) is 0.250. The molecule has 0 amide bonds. The maximum atomic E-state index is 10.7. The van der Waals surface area contributed by atoms with Gasteiger partial charge in [0.1, 0.15) is 5.75 Å². The second-order valence-electron chi connectivity index (χ2n) is 3.27. The number of carbonyl (C=O) groups is 1. The molecule has 3 N–H and O–H groups in total. The number of methoxy groups -OCH3 is 1. The fourth-order valence-corrected chi connectivity index (χ4v) is 1.37. The number of hydrogen-bond acceptors (Lipinski definition) is 3. The van der Waals surface area contributed by atoms with Crippen LogP contribution in [-0.2, 0) is 11.2 Å². The van der Waals surface area contributed by atoms with Crippen molar-refractivity contribution in [2.75, 3.05) is 13.7 Å². The molecule has 1 aromatic carbocycles. The molecule has 0 saturated heterocycles. The third-order valence-corrected chi connectivity index (χ3v) is 2.13. The van der Waals surface area contributed by atoms with Crippen molar-refractivity contribution >= 4 is 12.0 Å². The number of nitrogens with two attached hydrogens (primary N) is 1. The molecule has 1 rings (SSSR count). The maximum Gasteiger partial charge on any atom is 0.307 e. The van der Waals surface area contributed by atoms with Gasteiger partial charge < -0.3 is 15.6 Å². The van der Waals surface area contributed by atoms with Crippen molar-refractivity contribution in [3.05, 3.63) is 35.4 Å². The van der Waals surface area contributed by atoms with Gasteiger partial charge >= 0.3 is 5.97 Å². The minimum atomic E-state index is -0.854. The normalized spacial score (nSPS) is 10.6. The molecule has 0 atom stereocenters. The van der Waals surface area contributed by atoms with E-state index in [-0.39, 0.29) is 6.42 Å². The average Bonchev–Trinajstić information content (AvgIpc) is 2.27. The van der Waals surface area contributed by atoms with E-state index in [1.165, 1.54) is 0 Å². The van der Waals surface area contributed by atoms with E-state index in [2.05, 4.69) is 0 Å². The third kappa shape index (κ3) is 3.40. The zero-order chi connectivity index (χ0) is 12.0. The summed E-state index contributed by atoms with van der Waals surface area (Å²) in [5.74, 6) is -0.154. The molecular weight excluding hydrogens is 206 g/mol. The van der Waals surface area contributed by atoms with Gasteiger partial charge in [0, 0.05) is 6.54 Å². The highest BCUT2D eigenvalue weighted by Crippen LogP contribution is 2.19. The molecule has 0 aliphatic rings. The SMILES string of the molecule is COc1ccc(CC(=O)O)c(C=CCN)c1. The summed E-state index contributed by atoms with van der Waals surface area (Å²) in [5, 5.41) is 8.76. The predicted molar refractivity (Wildman–Crippen MR) is 62.4 cm³/mol. The molecule has 4 nitrogen and oxygen atoms in total. The van der Waals surface area contributed by atoms with Crippen LogP contribution in [0.1, 0.15) is 11.1 Å². The van der Waals surface area contributed by atoms with E-state index in [1.54, 1.807) is 37.5 Å². The molecule has 0 aliphatic carbocycles. The van der Waals surface area contributed by atoms with E-state index < -0.39 is 5.97 Å². The first-order valence-electron chi connectivity index (χ1n) is 4.92. The highest BCUT2D eigenvalue weighted by atomic mass is 16.5. The Balaban J connectivity index is 3.05. The third-order valence-electron chi connectivity index (χ3n) is 2.13. The van der Waals surface area contributed by atoms with Gasteiger partial charge in [-0.25, -0.2) is 0 Å². The van der Waals surface area contributed by atoms with Gasteiger partial charge in [-0.1, -0.05) is 18.2 Å². The first-order valence-corrected chi connectivity index (χ1v) is 4.92. The highest BCUT2D eigenvalue weighted by molar-refractivity contribution is 5.73. The first-order chi connectivity index (χ1) is 7.67. The number of rotatable bonds is 5. The number of carboxylic acid groups (broad SMARTS) is 1. The molecule has 4 heteroatoms. The lowest BCUT2D eigenvalue weighted by atomic mass is 10.0. The molecule has 0 aliphatic heterocycles. The van der Waals surface area contributed by atoms with E-state index in [1.807, 2.05) is 0 Å². The zero-order valence-corrected chi connectivity index (χ0v) is 9.14. The Morgan fingerprint density at radius 2 is 2.31 bits per heavy atom. The quantitative estimate of drug-likeness (QED) is 0.786. The summed E-state index contributed by atoms with van der Waals surface area (Å²) < 4.78 is 5.08. The number of carboxylic acids is 1. The van der Waals surface area contributed by atoms with Gasteiger partial charge in [0.2, 0.25) is 0 Å². The van der Waals surface area contributed by atoms with Gasteiger partial charge in [0.25, 0.3) is 0 Å². The van der Waals surface area contributed by atoms with Crippen molar-refractivity contribution < 1.29 is 14.6 Å². The Labute approximate surface area is 94.3 Å². The van der Waals surface area contributed by atoms with E-state index in [9.17, 15) is 4.79 Å². The van der Waals surface area contributed by atoms with Crippen molar-refractivity contribution in [3.8, 4) is 5.75 Å². The summed E-state index contributed by atoms with van der Waals surface area (Å²) in [6, 6.07) is 5.30. The van der Waals surface area contributed by atoms with Crippen LogP contribution in [0.3, 0.4) is 0 Å². The number of hydrogen-bond donors (Lipinski definition) is 2. The van der Waals surface area contributed by atoms with Crippen LogP contribution in [-0.4, -0.2) is 24.7 Å². The Morgan fingerprint density at radius 3 is 2.88 bits per heavy atom.